The maximum Gasteiger partial charge on any atom is 0.315 e. The average molecular weight is 349 g/mol. The minimum atomic E-state index is -1.07. The minimum absolute atomic E-state index is 0.343. The number of benzene rings is 1. The largest absolute Gasteiger partial charge is 0.481 e. The number of rotatable bonds is 9. The Morgan fingerprint density at radius 2 is 1.72 bits per heavy atom. The highest BCUT2D eigenvalue weighted by Gasteiger charge is 2.44. The molecule has 1 aromatic carbocycles. The van der Waals surface area contributed by atoms with E-state index in [2.05, 4.69) is 27.7 Å². The van der Waals surface area contributed by atoms with Crippen LogP contribution in [-0.4, -0.2) is 47.7 Å². The fourth-order valence-electron chi connectivity index (χ4n) is 2.28. The molecule has 6 nitrogen and oxygen atoms in total. The number of carboxylic acid groups (broad SMARTS) is 1. The van der Waals surface area contributed by atoms with Crippen LogP contribution >= 0.6 is 0 Å². The van der Waals surface area contributed by atoms with E-state index in [9.17, 15) is 14.7 Å². The summed E-state index contributed by atoms with van der Waals surface area (Å²) in [6, 6.07) is 9.89. The smallest absolute Gasteiger partial charge is 0.315 e. The predicted octanol–water partition coefficient (Wildman–Crippen LogP) is 2.70. The van der Waals surface area contributed by atoms with Crippen molar-refractivity contribution in [1.82, 2.24) is 15.5 Å². The van der Waals surface area contributed by atoms with Crippen LogP contribution in [-0.2, 0) is 11.3 Å². The van der Waals surface area contributed by atoms with Crippen LogP contribution in [0.2, 0.25) is 0 Å². The zero-order valence-corrected chi connectivity index (χ0v) is 15.9. The first-order valence-electron chi connectivity index (χ1n) is 8.58. The van der Waals surface area contributed by atoms with Crippen LogP contribution in [0, 0.1) is 5.41 Å². The summed E-state index contributed by atoms with van der Waals surface area (Å²) in [6.07, 6.45) is 0.819. The van der Waals surface area contributed by atoms with E-state index in [0.29, 0.717) is 6.54 Å². The van der Waals surface area contributed by atoms with Crippen molar-refractivity contribution in [2.45, 2.75) is 46.2 Å². The summed E-state index contributed by atoms with van der Waals surface area (Å²) < 4.78 is 0. The minimum Gasteiger partial charge on any atom is -0.481 e. The first-order chi connectivity index (χ1) is 11.6. The molecule has 3 N–H and O–H groups in total. The molecule has 0 aliphatic heterocycles. The fraction of sp³-hybridized carbons (Fsp3) is 0.579. The molecule has 1 aromatic rings. The van der Waals surface area contributed by atoms with E-state index >= 15 is 0 Å². The zero-order chi connectivity index (χ0) is 19.1. The lowest BCUT2D eigenvalue weighted by Gasteiger charge is -2.38. The van der Waals surface area contributed by atoms with Gasteiger partial charge in [0, 0.05) is 13.1 Å². The molecule has 1 rings (SSSR count). The number of carboxylic acids is 1. The lowest BCUT2D eigenvalue weighted by atomic mass is 9.74. The molecule has 6 heteroatoms. The van der Waals surface area contributed by atoms with Gasteiger partial charge in [-0.05, 0) is 53.3 Å². The molecule has 0 aliphatic carbocycles. The highest BCUT2D eigenvalue weighted by Crippen LogP contribution is 2.30. The Hall–Kier alpha value is -2.08. The van der Waals surface area contributed by atoms with E-state index in [4.69, 9.17) is 0 Å². The van der Waals surface area contributed by atoms with Gasteiger partial charge in [0.25, 0.3) is 0 Å². The Morgan fingerprint density at radius 1 is 1.12 bits per heavy atom. The Morgan fingerprint density at radius 3 is 2.28 bits per heavy atom. The van der Waals surface area contributed by atoms with E-state index < -0.39 is 16.9 Å². The molecule has 0 radical (unpaired) electrons. The van der Waals surface area contributed by atoms with E-state index in [0.717, 1.165) is 19.5 Å². The maximum atomic E-state index is 12.0. The standard InChI is InChI=1S/C19H31N3O3/c1-18(2,16(23)24)19(3,4)21-17(25)20-12-9-13-22(5)14-15-10-7-6-8-11-15/h6-8,10-11H,9,12-14H2,1-5H3,(H,23,24)(H2,20,21,25). The quantitative estimate of drug-likeness (QED) is 0.599. The topological polar surface area (TPSA) is 81.7 Å². The number of aliphatic carboxylic acids is 1. The summed E-state index contributed by atoms with van der Waals surface area (Å²) in [7, 11) is 2.05. The van der Waals surface area contributed by atoms with Crippen LogP contribution in [0.3, 0.4) is 0 Å². The Balaban J connectivity index is 2.32. The molecule has 0 heterocycles. The Bertz CT molecular complexity index is 571. The molecule has 0 fully saturated rings. The van der Waals surface area contributed by atoms with Gasteiger partial charge in [-0.15, -0.1) is 0 Å². The number of urea groups is 1. The SMILES string of the molecule is CN(CCCNC(=O)NC(C)(C)C(C)(C)C(=O)O)Cc1ccccc1. The highest BCUT2D eigenvalue weighted by molar-refractivity contribution is 5.79. The molecule has 0 bridgehead atoms. The molecule has 0 saturated carbocycles. The molecular formula is C19H31N3O3. The van der Waals surface area contributed by atoms with Gasteiger partial charge in [-0.2, -0.15) is 0 Å². The zero-order valence-electron chi connectivity index (χ0n) is 15.9. The van der Waals surface area contributed by atoms with Crippen molar-refractivity contribution in [2.24, 2.45) is 5.41 Å². The van der Waals surface area contributed by atoms with E-state index in [1.807, 2.05) is 25.2 Å². The Labute approximate surface area is 150 Å². The van der Waals surface area contributed by atoms with Crippen LogP contribution in [0.4, 0.5) is 4.79 Å². The molecule has 0 spiro atoms. The molecule has 0 unspecified atom stereocenters. The summed E-state index contributed by atoms with van der Waals surface area (Å²) in [5, 5.41) is 14.9. The van der Waals surface area contributed by atoms with Crippen LogP contribution in [0.15, 0.2) is 30.3 Å². The third kappa shape index (κ3) is 6.38. The number of hydrogen-bond acceptors (Lipinski definition) is 3. The normalized spacial score (nSPS) is 12.1. The first kappa shape index (κ1) is 21.0. The van der Waals surface area contributed by atoms with Crippen LogP contribution in [0.25, 0.3) is 0 Å². The summed E-state index contributed by atoms with van der Waals surface area (Å²) in [5.74, 6) is -0.944. The average Bonchev–Trinajstić information content (AvgIpc) is 2.51. The number of hydrogen-bond donors (Lipinski definition) is 3. The van der Waals surface area contributed by atoms with Gasteiger partial charge in [0.15, 0.2) is 0 Å². The van der Waals surface area contributed by atoms with Gasteiger partial charge in [-0.1, -0.05) is 30.3 Å². The third-order valence-electron chi connectivity index (χ3n) is 4.82. The van der Waals surface area contributed by atoms with Gasteiger partial charge < -0.3 is 20.6 Å². The number of nitrogens with one attached hydrogen (secondary N) is 2. The van der Waals surface area contributed by atoms with Gasteiger partial charge in [0.1, 0.15) is 0 Å². The molecule has 0 atom stereocenters. The van der Waals surface area contributed by atoms with E-state index in [1.165, 1.54) is 5.56 Å². The monoisotopic (exact) mass is 349 g/mol. The van der Waals surface area contributed by atoms with E-state index in [-0.39, 0.29) is 6.03 Å². The van der Waals surface area contributed by atoms with Gasteiger partial charge >= 0.3 is 12.0 Å². The van der Waals surface area contributed by atoms with Gasteiger partial charge in [0.05, 0.1) is 11.0 Å². The molecule has 2 amide bonds. The van der Waals surface area contributed by atoms with Crippen molar-refractivity contribution in [3.8, 4) is 0 Å². The molecule has 140 valence electrons. The summed E-state index contributed by atoms with van der Waals surface area (Å²) in [6.45, 7) is 8.91. The van der Waals surface area contributed by atoms with Crippen molar-refractivity contribution in [1.29, 1.82) is 0 Å². The Kier molecular flexibility index (Phi) is 7.42. The van der Waals surface area contributed by atoms with Gasteiger partial charge in [-0.25, -0.2) is 4.79 Å². The van der Waals surface area contributed by atoms with Gasteiger partial charge in [0.2, 0.25) is 0 Å². The van der Waals surface area contributed by atoms with Crippen LogP contribution < -0.4 is 10.6 Å². The number of carbonyl (C=O) groups is 2. The lowest BCUT2D eigenvalue weighted by Crippen LogP contribution is -2.59. The summed E-state index contributed by atoms with van der Waals surface area (Å²) in [4.78, 5) is 25.6. The molecule has 25 heavy (non-hydrogen) atoms. The lowest BCUT2D eigenvalue weighted by molar-refractivity contribution is -0.150. The summed E-state index contributed by atoms with van der Waals surface area (Å²) in [5.41, 5.74) is -0.680. The number of carbonyl (C=O) groups excluding carboxylic acids is 1. The van der Waals surface area contributed by atoms with Crippen molar-refractivity contribution in [2.75, 3.05) is 20.1 Å². The fourth-order valence-corrected chi connectivity index (χ4v) is 2.28. The maximum absolute atomic E-state index is 12.0. The number of nitrogens with zero attached hydrogens (tertiary/aromatic N) is 1. The van der Waals surface area contributed by atoms with Gasteiger partial charge in [-0.3, -0.25) is 4.79 Å². The van der Waals surface area contributed by atoms with Crippen molar-refractivity contribution < 1.29 is 14.7 Å². The summed E-state index contributed by atoms with van der Waals surface area (Å²) >= 11 is 0. The van der Waals surface area contributed by atoms with Crippen molar-refractivity contribution >= 4 is 12.0 Å². The second-order valence-electron chi connectivity index (χ2n) is 7.51. The molecule has 0 aliphatic rings. The van der Waals surface area contributed by atoms with E-state index in [1.54, 1.807) is 27.7 Å². The van der Waals surface area contributed by atoms with Crippen molar-refractivity contribution in [3.63, 3.8) is 0 Å². The third-order valence-corrected chi connectivity index (χ3v) is 4.82. The second-order valence-corrected chi connectivity index (χ2v) is 7.51. The number of amides is 2. The van der Waals surface area contributed by atoms with Crippen LogP contribution in [0.1, 0.15) is 39.7 Å². The highest BCUT2D eigenvalue weighted by atomic mass is 16.4. The second kappa shape index (κ2) is 8.85. The molecule has 0 saturated heterocycles. The molecule has 0 aromatic heterocycles. The predicted molar refractivity (Wildman–Crippen MR) is 99.4 cm³/mol. The van der Waals surface area contributed by atoms with Crippen molar-refractivity contribution in [3.05, 3.63) is 35.9 Å². The molecular weight excluding hydrogens is 318 g/mol. The first-order valence-corrected chi connectivity index (χ1v) is 8.58. The van der Waals surface area contributed by atoms with Crippen LogP contribution in [0.5, 0.6) is 0 Å².